The van der Waals surface area contributed by atoms with Crippen LogP contribution in [0.1, 0.15) is 66.8 Å². The molecule has 1 saturated carbocycles. The second-order valence-electron chi connectivity index (χ2n) is 6.96. The van der Waals surface area contributed by atoms with Crippen LogP contribution in [0, 0.1) is 0 Å². The van der Waals surface area contributed by atoms with Crippen molar-refractivity contribution in [2.75, 3.05) is 0 Å². The summed E-state index contributed by atoms with van der Waals surface area (Å²) in [6.45, 7) is 3.31. The number of nitrogens with zero attached hydrogens (tertiary/aromatic N) is 3. The monoisotopic (exact) mass is 352 g/mol. The van der Waals surface area contributed by atoms with Gasteiger partial charge in [0, 0.05) is 36.3 Å². The number of rotatable bonds is 5. The van der Waals surface area contributed by atoms with Crippen molar-refractivity contribution in [2.45, 2.75) is 58.0 Å². The Kier molecular flexibility index (Phi) is 4.73. The van der Waals surface area contributed by atoms with E-state index in [0.717, 1.165) is 36.4 Å². The number of oxazole rings is 1. The van der Waals surface area contributed by atoms with Crippen LogP contribution in [0.4, 0.5) is 0 Å². The first-order chi connectivity index (χ1) is 12.7. The standard InChI is InChI=1S/C20H24N4O2/c1-2-24-13-14(12-22-24)11-21-19(25)16-8-9-17-18(10-16)26-20(23-17)15-6-4-3-5-7-15/h8-10,12-13,15H,2-7,11H2,1H3,(H,21,25). The van der Waals surface area contributed by atoms with Crippen molar-refractivity contribution >= 4 is 17.0 Å². The lowest BCUT2D eigenvalue weighted by Crippen LogP contribution is -2.22. The largest absolute Gasteiger partial charge is 0.440 e. The van der Waals surface area contributed by atoms with Crippen LogP contribution in [0.15, 0.2) is 35.0 Å². The van der Waals surface area contributed by atoms with E-state index >= 15 is 0 Å². The van der Waals surface area contributed by atoms with Gasteiger partial charge in [0.25, 0.3) is 5.91 Å². The van der Waals surface area contributed by atoms with Crippen molar-refractivity contribution in [3.63, 3.8) is 0 Å². The fourth-order valence-corrected chi connectivity index (χ4v) is 3.56. The van der Waals surface area contributed by atoms with Crippen LogP contribution < -0.4 is 5.32 Å². The first-order valence-corrected chi connectivity index (χ1v) is 9.43. The van der Waals surface area contributed by atoms with Crippen LogP contribution >= 0.6 is 0 Å². The van der Waals surface area contributed by atoms with Gasteiger partial charge in [0.1, 0.15) is 5.52 Å². The van der Waals surface area contributed by atoms with E-state index in [2.05, 4.69) is 15.4 Å². The predicted octanol–water partition coefficient (Wildman–Crippen LogP) is 4.02. The van der Waals surface area contributed by atoms with Crippen LogP contribution in [-0.4, -0.2) is 20.7 Å². The second kappa shape index (κ2) is 7.32. The molecule has 1 aromatic carbocycles. The van der Waals surface area contributed by atoms with Crippen molar-refractivity contribution < 1.29 is 9.21 Å². The molecule has 0 radical (unpaired) electrons. The Morgan fingerprint density at radius 3 is 2.92 bits per heavy atom. The minimum Gasteiger partial charge on any atom is -0.440 e. The van der Waals surface area contributed by atoms with E-state index in [0.29, 0.717) is 23.6 Å². The molecule has 1 amide bonds. The number of aryl methyl sites for hydroxylation is 1. The third kappa shape index (κ3) is 3.49. The molecular formula is C20H24N4O2. The summed E-state index contributed by atoms with van der Waals surface area (Å²) in [5, 5.41) is 7.15. The molecule has 0 atom stereocenters. The zero-order chi connectivity index (χ0) is 17.9. The lowest BCUT2D eigenvalue weighted by molar-refractivity contribution is 0.0951. The molecule has 1 N–H and O–H groups in total. The van der Waals surface area contributed by atoms with E-state index in [9.17, 15) is 4.79 Å². The van der Waals surface area contributed by atoms with E-state index in [1.54, 1.807) is 18.3 Å². The number of carbonyl (C=O) groups excluding carboxylic acids is 1. The van der Waals surface area contributed by atoms with Gasteiger partial charge in [0.2, 0.25) is 0 Å². The molecule has 4 rings (SSSR count). The number of amides is 1. The number of nitrogens with one attached hydrogen (secondary N) is 1. The van der Waals surface area contributed by atoms with E-state index < -0.39 is 0 Å². The summed E-state index contributed by atoms with van der Waals surface area (Å²) < 4.78 is 7.82. The number of benzene rings is 1. The van der Waals surface area contributed by atoms with Crippen LogP contribution in [-0.2, 0) is 13.1 Å². The Morgan fingerprint density at radius 1 is 1.31 bits per heavy atom. The van der Waals surface area contributed by atoms with Gasteiger partial charge in [-0.15, -0.1) is 0 Å². The number of aromatic nitrogens is 3. The molecule has 136 valence electrons. The summed E-state index contributed by atoms with van der Waals surface area (Å²) in [5.41, 5.74) is 3.09. The van der Waals surface area contributed by atoms with Crippen molar-refractivity contribution in [3.8, 4) is 0 Å². The molecule has 2 aromatic heterocycles. The van der Waals surface area contributed by atoms with Gasteiger partial charge in [0.15, 0.2) is 11.5 Å². The second-order valence-corrected chi connectivity index (χ2v) is 6.96. The lowest BCUT2D eigenvalue weighted by Gasteiger charge is -2.17. The molecule has 1 fully saturated rings. The topological polar surface area (TPSA) is 73.0 Å². The van der Waals surface area contributed by atoms with Crippen LogP contribution in [0.2, 0.25) is 0 Å². The van der Waals surface area contributed by atoms with E-state index in [-0.39, 0.29) is 5.91 Å². The molecule has 3 aromatic rings. The molecule has 0 unspecified atom stereocenters. The van der Waals surface area contributed by atoms with Gasteiger partial charge in [-0.1, -0.05) is 19.3 Å². The van der Waals surface area contributed by atoms with Gasteiger partial charge in [0.05, 0.1) is 6.20 Å². The Hall–Kier alpha value is -2.63. The fraction of sp³-hybridized carbons (Fsp3) is 0.450. The van der Waals surface area contributed by atoms with Gasteiger partial charge in [-0.3, -0.25) is 9.48 Å². The van der Waals surface area contributed by atoms with Crippen molar-refractivity contribution in [3.05, 3.63) is 47.6 Å². The average molecular weight is 352 g/mol. The molecule has 0 bridgehead atoms. The first kappa shape index (κ1) is 16.8. The Bertz CT molecular complexity index is 906. The smallest absolute Gasteiger partial charge is 0.251 e. The molecular weight excluding hydrogens is 328 g/mol. The van der Waals surface area contributed by atoms with Crippen LogP contribution in [0.5, 0.6) is 0 Å². The molecule has 0 aliphatic heterocycles. The maximum atomic E-state index is 12.4. The van der Waals surface area contributed by atoms with Crippen LogP contribution in [0.3, 0.4) is 0 Å². The minimum atomic E-state index is -0.119. The van der Waals surface area contributed by atoms with Crippen molar-refractivity contribution in [2.24, 2.45) is 0 Å². The minimum absolute atomic E-state index is 0.119. The number of carbonyl (C=O) groups is 1. The number of hydrogen-bond acceptors (Lipinski definition) is 4. The third-order valence-corrected chi connectivity index (χ3v) is 5.09. The summed E-state index contributed by atoms with van der Waals surface area (Å²) >= 11 is 0. The summed E-state index contributed by atoms with van der Waals surface area (Å²) in [4.78, 5) is 17.1. The molecule has 26 heavy (non-hydrogen) atoms. The Balaban J connectivity index is 1.46. The normalized spacial score (nSPS) is 15.4. The highest BCUT2D eigenvalue weighted by atomic mass is 16.3. The van der Waals surface area contributed by atoms with E-state index in [1.165, 1.54) is 19.3 Å². The highest BCUT2D eigenvalue weighted by molar-refractivity contribution is 5.96. The van der Waals surface area contributed by atoms with Crippen molar-refractivity contribution in [1.29, 1.82) is 0 Å². The fourth-order valence-electron chi connectivity index (χ4n) is 3.56. The summed E-state index contributed by atoms with van der Waals surface area (Å²) in [6.07, 6.45) is 9.79. The zero-order valence-corrected chi connectivity index (χ0v) is 15.1. The van der Waals surface area contributed by atoms with E-state index in [1.807, 2.05) is 23.9 Å². The molecule has 6 heteroatoms. The molecule has 2 heterocycles. The quantitative estimate of drug-likeness (QED) is 0.753. The predicted molar refractivity (Wildman–Crippen MR) is 98.9 cm³/mol. The van der Waals surface area contributed by atoms with Crippen LogP contribution in [0.25, 0.3) is 11.1 Å². The first-order valence-electron chi connectivity index (χ1n) is 9.43. The van der Waals surface area contributed by atoms with Gasteiger partial charge in [-0.2, -0.15) is 5.10 Å². The van der Waals surface area contributed by atoms with E-state index in [4.69, 9.17) is 4.42 Å². The average Bonchev–Trinajstić information content (AvgIpc) is 3.32. The number of fused-ring (bicyclic) bond motifs is 1. The SMILES string of the molecule is CCn1cc(CNC(=O)c2ccc3nc(C4CCCCC4)oc3c2)cn1. The summed E-state index contributed by atoms with van der Waals surface area (Å²) in [5.74, 6) is 1.12. The molecule has 0 saturated heterocycles. The molecule has 6 nitrogen and oxygen atoms in total. The zero-order valence-electron chi connectivity index (χ0n) is 15.1. The Morgan fingerprint density at radius 2 is 2.15 bits per heavy atom. The van der Waals surface area contributed by atoms with Gasteiger partial charge < -0.3 is 9.73 Å². The molecule has 1 aliphatic rings. The molecule has 1 aliphatic carbocycles. The summed E-state index contributed by atoms with van der Waals surface area (Å²) in [7, 11) is 0. The van der Waals surface area contributed by atoms with Gasteiger partial charge in [-0.25, -0.2) is 4.98 Å². The summed E-state index contributed by atoms with van der Waals surface area (Å²) in [6, 6.07) is 5.47. The third-order valence-electron chi connectivity index (χ3n) is 5.09. The van der Waals surface area contributed by atoms with Gasteiger partial charge in [-0.05, 0) is 38.0 Å². The Labute approximate surface area is 152 Å². The highest BCUT2D eigenvalue weighted by Crippen LogP contribution is 2.33. The molecule has 0 spiro atoms. The van der Waals surface area contributed by atoms with Crippen molar-refractivity contribution in [1.82, 2.24) is 20.1 Å². The lowest BCUT2D eigenvalue weighted by atomic mass is 9.89. The number of hydrogen-bond donors (Lipinski definition) is 1. The highest BCUT2D eigenvalue weighted by Gasteiger charge is 2.21. The van der Waals surface area contributed by atoms with Gasteiger partial charge >= 0.3 is 0 Å². The maximum Gasteiger partial charge on any atom is 0.251 e. The maximum absolute atomic E-state index is 12.4.